The van der Waals surface area contributed by atoms with Gasteiger partial charge in [0.25, 0.3) is 0 Å². The van der Waals surface area contributed by atoms with Crippen molar-refractivity contribution in [3.8, 4) is 0 Å². The number of benzene rings is 2. The lowest BCUT2D eigenvalue weighted by molar-refractivity contribution is -0.132. The Hall–Kier alpha value is -4.02. The van der Waals surface area contributed by atoms with E-state index in [-0.39, 0.29) is 63.2 Å². The molecule has 0 spiro atoms. The molecule has 2 aromatic rings. The Labute approximate surface area is 241 Å². The van der Waals surface area contributed by atoms with Crippen molar-refractivity contribution in [1.82, 2.24) is 21.3 Å². The van der Waals surface area contributed by atoms with Crippen LogP contribution in [0.1, 0.15) is 30.9 Å². The number of amides is 4. The maximum Gasteiger partial charge on any atom is 0.246 e. The van der Waals surface area contributed by atoms with Gasteiger partial charge >= 0.3 is 0 Å². The Kier molecular flexibility index (Phi) is 13.5. The number of rotatable bonds is 6. The molecule has 0 aliphatic carbocycles. The molecule has 10 heteroatoms. The van der Waals surface area contributed by atoms with Crippen molar-refractivity contribution in [3.63, 3.8) is 0 Å². The molecular weight excluding hydrogens is 524 g/mol. The predicted molar refractivity (Wildman–Crippen MR) is 155 cm³/mol. The largest absolute Gasteiger partial charge is 0.377 e. The first-order chi connectivity index (χ1) is 19.9. The molecule has 3 atom stereocenters. The van der Waals surface area contributed by atoms with Crippen LogP contribution >= 0.6 is 0 Å². The van der Waals surface area contributed by atoms with Crippen molar-refractivity contribution in [2.24, 2.45) is 0 Å². The first kappa shape index (κ1) is 31.5. The van der Waals surface area contributed by atoms with Crippen molar-refractivity contribution >= 4 is 23.6 Å². The van der Waals surface area contributed by atoms with Gasteiger partial charge in [-0.1, -0.05) is 72.8 Å². The van der Waals surface area contributed by atoms with Crippen LogP contribution in [0.2, 0.25) is 0 Å². The summed E-state index contributed by atoms with van der Waals surface area (Å²) in [4.78, 5) is 50.7. The molecule has 220 valence electrons. The van der Waals surface area contributed by atoms with Gasteiger partial charge in [-0.05, 0) is 30.4 Å². The highest BCUT2D eigenvalue weighted by atomic mass is 16.5. The molecule has 4 N–H and O–H groups in total. The highest BCUT2D eigenvalue weighted by Gasteiger charge is 2.24. The SMILES string of the molecule is CC(=O)N[C@H]1C/C=C/[C@H](CCc2ccccc2)NC(=O)[C@H](Cc2ccccc2)NC(=O)COCCOCCNC1=O. The summed E-state index contributed by atoms with van der Waals surface area (Å²) >= 11 is 0. The summed E-state index contributed by atoms with van der Waals surface area (Å²) in [6.45, 7) is 2.07. The lowest BCUT2D eigenvalue weighted by Crippen LogP contribution is -2.51. The number of carbonyl (C=O) groups excluding carboxylic acids is 4. The van der Waals surface area contributed by atoms with Crippen LogP contribution in [0, 0.1) is 0 Å². The van der Waals surface area contributed by atoms with Gasteiger partial charge in [-0.25, -0.2) is 0 Å². The maximum atomic E-state index is 13.5. The minimum absolute atomic E-state index is 0.177. The van der Waals surface area contributed by atoms with Gasteiger partial charge in [0.15, 0.2) is 0 Å². The average molecular weight is 565 g/mol. The number of carbonyl (C=O) groups is 4. The van der Waals surface area contributed by atoms with Gasteiger partial charge in [0.05, 0.1) is 19.8 Å². The maximum absolute atomic E-state index is 13.5. The molecule has 0 aromatic heterocycles. The topological polar surface area (TPSA) is 135 Å². The van der Waals surface area contributed by atoms with Crippen LogP contribution in [0.3, 0.4) is 0 Å². The molecule has 10 nitrogen and oxygen atoms in total. The van der Waals surface area contributed by atoms with Crippen molar-refractivity contribution in [3.05, 3.63) is 83.9 Å². The fourth-order valence-corrected chi connectivity index (χ4v) is 4.37. The van der Waals surface area contributed by atoms with Gasteiger partial charge in [0.1, 0.15) is 18.7 Å². The number of hydrogen-bond acceptors (Lipinski definition) is 6. The summed E-state index contributed by atoms with van der Waals surface area (Å²) in [6.07, 6.45) is 5.47. The van der Waals surface area contributed by atoms with Gasteiger partial charge in [0, 0.05) is 25.9 Å². The standard InChI is InChI=1S/C31H40N4O6/c1-23(36)33-27-14-8-13-26(16-15-24-9-4-2-5-10-24)34-31(39)28(21-25-11-6-3-7-12-25)35-29(37)22-41-20-19-40-18-17-32-30(27)38/h2-13,26-28H,14-22H2,1H3,(H,32,38)(H,33,36)(H,34,39)(H,35,37)/b13-8+/t26-,27+,28+/m1/s1. The van der Waals surface area contributed by atoms with E-state index in [4.69, 9.17) is 9.47 Å². The van der Waals surface area contributed by atoms with Crippen LogP contribution in [-0.4, -0.2) is 74.7 Å². The Morgan fingerprint density at radius 2 is 1.56 bits per heavy atom. The first-order valence-corrected chi connectivity index (χ1v) is 13.9. The Bertz CT molecular complexity index is 1140. The van der Waals surface area contributed by atoms with E-state index < -0.39 is 18.0 Å². The Balaban J connectivity index is 1.81. The second-order valence-electron chi connectivity index (χ2n) is 9.82. The minimum atomic E-state index is -0.822. The van der Waals surface area contributed by atoms with Crippen molar-refractivity contribution in [2.45, 2.75) is 50.7 Å². The normalized spacial score (nSPS) is 22.6. The van der Waals surface area contributed by atoms with E-state index in [2.05, 4.69) is 21.3 Å². The van der Waals surface area contributed by atoms with Gasteiger partial charge in [-0.3, -0.25) is 19.2 Å². The fourth-order valence-electron chi connectivity index (χ4n) is 4.37. The quantitative estimate of drug-likeness (QED) is 0.393. The smallest absolute Gasteiger partial charge is 0.246 e. The molecule has 1 aliphatic heterocycles. The van der Waals surface area contributed by atoms with Crippen LogP contribution < -0.4 is 21.3 Å². The van der Waals surface area contributed by atoms with Gasteiger partial charge in [0.2, 0.25) is 23.6 Å². The summed E-state index contributed by atoms with van der Waals surface area (Å²) in [6, 6.07) is 17.4. The second-order valence-corrected chi connectivity index (χ2v) is 9.82. The second kappa shape index (κ2) is 17.6. The lowest BCUT2D eigenvalue weighted by atomic mass is 10.0. The zero-order chi connectivity index (χ0) is 29.3. The monoisotopic (exact) mass is 564 g/mol. The highest BCUT2D eigenvalue weighted by molar-refractivity contribution is 5.89. The van der Waals surface area contributed by atoms with E-state index in [0.29, 0.717) is 19.3 Å². The highest BCUT2D eigenvalue weighted by Crippen LogP contribution is 2.09. The van der Waals surface area contributed by atoms with E-state index in [1.807, 2.05) is 66.7 Å². The van der Waals surface area contributed by atoms with E-state index in [1.165, 1.54) is 6.92 Å². The molecular formula is C31H40N4O6. The number of ether oxygens (including phenoxy) is 2. The molecule has 2 aromatic carbocycles. The molecule has 0 radical (unpaired) electrons. The molecule has 41 heavy (non-hydrogen) atoms. The average Bonchev–Trinajstić information content (AvgIpc) is 2.96. The van der Waals surface area contributed by atoms with Crippen LogP contribution in [0.5, 0.6) is 0 Å². The third-order valence-corrected chi connectivity index (χ3v) is 6.43. The molecule has 0 unspecified atom stereocenters. The third kappa shape index (κ3) is 12.4. The van der Waals surface area contributed by atoms with Gasteiger partial charge < -0.3 is 30.7 Å². The third-order valence-electron chi connectivity index (χ3n) is 6.43. The van der Waals surface area contributed by atoms with Crippen LogP contribution in [0.4, 0.5) is 0 Å². The Morgan fingerprint density at radius 1 is 0.878 bits per heavy atom. The fraction of sp³-hybridized carbons (Fsp3) is 0.419. The lowest BCUT2D eigenvalue weighted by Gasteiger charge is -2.22. The van der Waals surface area contributed by atoms with E-state index in [9.17, 15) is 19.2 Å². The molecule has 0 fully saturated rings. The number of nitrogens with one attached hydrogen (secondary N) is 4. The van der Waals surface area contributed by atoms with E-state index in [1.54, 1.807) is 6.08 Å². The minimum Gasteiger partial charge on any atom is -0.377 e. The predicted octanol–water partition coefficient (Wildman–Crippen LogP) is 1.45. The van der Waals surface area contributed by atoms with Crippen molar-refractivity contribution in [1.29, 1.82) is 0 Å². The molecule has 0 saturated carbocycles. The summed E-state index contributed by atoms with van der Waals surface area (Å²) in [5, 5.41) is 11.3. The summed E-state index contributed by atoms with van der Waals surface area (Å²) < 4.78 is 10.9. The Morgan fingerprint density at radius 3 is 2.27 bits per heavy atom. The summed E-state index contributed by atoms with van der Waals surface area (Å²) in [7, 11) is 0. The zero-order valence-corrected chi connectivity index (χ0v) is 23.5. The molecule has 0 saturated heterocycles. The number of hydrogen-bond donors (Lipinski definition) is 4. The first-order valence-electron chi connectivity index (χ1n) is 13.9. The van der Waals surface area contributed by atoms with Crippen molar-refractivity contribution in [2.75, 3.05) is 33.0 Å². The van der Waals surface area contributed by atoms with Crippen LogP contribution in [0.15, 0.2) is 72.8 Å². The summed E-state index contributed by atoms with van der Waals surface area (Å²) in [5.41, 5.74) is 2.02. The molecule has 0 bridgehead atoms. The van der Waals surface area contributed by atoms with Crippen molar-refractivity contribution < 1.29 is 28.7 Å². The zero-order valence-electron chi connectivity index (χ0n) is 23.5. The van der Waals surface area contributed by atoms with Gasteiger partial charge in [-0.15, -0.1) is 0 Å². The molecule has 4 amide bonds. The van der Waals surface area contributed by atoms with Crippen LogP contribution in [-0.2, 0) is 41.5 Å². The van der Waals surface area contributed by atoms with E-state index in [0.717, 1.165) is 11.1 Å². The molecule has 3 rings (SSSR count). The van der Waals surface area contributed by atoms with E-state index >= 15 is 0 Å². The molecule has 1 aliphatic rings. The molecule has 1 heterocycles. The van der Waals surface area contributed by atoms with Gasteiger partial charge in [-0.2, -0.15) is 0 Å². The summed E-state index contributed by atoms with van der Waals surface area (Å²) in [5.74, 6) is -1.38. The number of aryl methyl sites for hydroxylation is 1. The van der Waals surface area contributed by atoms with Crippen LogP contribution in [0.25, 0.3) is 0 Å².